The van der Waals surface area contributed by atoms with Crippen molar-refractivity contribution in [2.24, 2.45) is 5.92 Å². The molecule has 4 heteroatoms. The van der Waals surface area contributed by atoms with E-state index in [4.69, 9.17) is 20.3 Å². The van der Waals surface area contributed by atoms with E-state index in [0.29, 0.717) is 12.3 Å². The van der Waals surface area contributed by atoms with Gasteiger partial charge in [0.1, 0.15) is 6.79 Å². The first kappa shape index (κ1) is 22.4. The van der Waals surface area contributed by atoms with Crippen molar-refractivity contribution in [2.75, 3.05) is 13.9 Å². The third-order valence-corrected chi connectivity index (χ3v) is 9.22. The summed E-state index contributed by atoms with van der Waals surface area (Å²) in [7, 11) is -0.220. The number of terminal acetylenes is 1. The van der Waals surface area contributed by atoms with Crippen molar-refractivity contribution in [3.63, 3.8) is 0 Å². The Morgan fingerprint density at radius 1 is 1.30 bits per heavy atom. The molecule has 0 aromatic carbocycles. The minimum absolute atomic E-state index is 0.0232. The summed E-state index contributed by atoms with van der Waals surface area (Å²) in [6.07, 6.45) is 9.87. The maximum Gasteiger partial charge on any atom is 0.192 e. The van der Waals surface area contributed by atoms with E-state index in [1.54, 1.807) is 7.11 Å². The molecule has 23 heavy (non-hydrogen) atoms. The minimum Gasteiger partial charge on any atom is -0.413 e. The normalized spacial score (nSPS) is 16.4. The minimum atomic E-state index is -1.86. The molecular formula is C19H36O3Si. The second kappa shape index (κ2) is 10.3. The highest BCUT2D eigenvalue weighted by Gasteiger charge is 2.39. The van der Waals surface area contributed by atoms with Gasteiger partial charge in [-0.15, -0.1) is 18.9 Å². The van der Waals surface area contributed by atoms with Gasteiger partial charge in [0.05, 0.1) is 12.2 Å². The summed E-state index contributed by atoms with van der Waals surface area (Å²) in [4.78, 5) is 0. The van der Waals surface area contributed by atoms with Gasteiger partial charge in [-0.3, -0.25) is 0 Å². The summed E-state index contributed by atoms with van der Waals surface area (Å²) in [5.41, 5.74) is 0. The second-order valence-electron chi connectivity index (χ2n) is 7.76. The molecule has 0 saturated carbocycles. The van der Waals surface area contributed by atoms with Crippen LogP contribution in [0.4, 0.5) is 0 Å². The van der Waals surface area contributed by atoms with Gasteiger partial charge in [0, 0.05) is 13.5 Å². The Bertz CT molecular complexity index is 379. The third kappa shape index (κ3) is 8.17. The monoisotopic (exact) mass is 340 g/mol. The average Bonchev–Trinajstić information content (AvgIpc) is 2.42. The smallest absolute Gasteiger partial charge is 0.192 e. The van der Waals surface area contributed by atoms with Crippen LogP contribution in [0.3, 0.4) is 0 Å². The second-order valence-corrected chi connectivity index (χ2v) is 12.5. The Balaban J connectivity index is 5.04. The highest BCUT2D eigenvalue weighted by molar-refractivity contribution is 6.74. The van der Waals surface area contributed by atoms with Gasteiger partial charge in [-0.05, 0) is 36.9 Å². The largest absolute Gasteiger partial charge is 0.413 e. The summed E-state index contributed by atoms with van der Waals surface area (Å²) in [6.45, 7) is 17.5. The molecule has 0 aromatic heterocycles. The van der Waals surface area contributed by atoms with Crippen molar-refractivity contribution in [3.05, 3.63) is 12.7 Å². The fraction of sp³-hybridized carbons (Fsp3) is 0.789. The van der Waals surface area contributed by atoms with E-state index in [2.05, 4.69) is 53.3 Å². The molecule has 0 fully saturated rings. The first-order chi connectivity index (χ1) is 10.6. The maximum absolute atomic E-state index is 6.53. The molecule has 0 amide bonds. The molecule has 0 heterocycles. The molecule has 0 saturated heterocycles. The van der Waals surface area contributed by atoms with E-state index in [0.717, 1.165) is 12.8 Å². The molecule has 0 aliphatic heterocycles. The van der Waals surface area contributed by atoms with Gasteiger partial charge in [-0.1, -0.05) is 33.8 Å². The zero-order valence-corrected chi connectivity index (χ0v) is 17.1. The zero-order valence-electron chi connectivity index (χ0n) is 16.1. The van der Waals surface area contributed by atoms with Crippen LogP contribution < -0.4 is 0 Å². The molecule has 0 N–H and O–H groups in total. The fourth-order valence-electron chi connectivity index (χ4n) is 2.19. The molecular weight excluding hydrogens is 304 g/mol. The Labute approximate surface area is 144 Å². The number of hydrogen-bond acceptors (Lipinski definition) is 3. The van der Waals surface area contributed by atoms with E-state index < -0.39 is 8.32 Å². The van der Waals surface area contributed by atoms with Crippen molar-refractivity contribution in [1.82, 2.24) is 0 Å². The standard InChI is InChI=1S/C19H36O3Si/c1-10-12-16(3)18(21-15-20-7)14-17(13-11-2)22-23(8,9)19(4,5)6/h2,10,16-18H,1,12-15H2,3-9H3/t16-,17+,18+/m0/s1. The third-order valence-electron chi connectivity index (χ3n) is 4.68. The van der Waals surface area contributed by atoms with Crippen LogP contribution in [0.5, 0.6) is 0 Å². The summed E-state index contributed by atoms with van der Waals surface area (Å²) in [6, 6.07) is 0. The lowest BCUT2D eigenvalue weighted by atomic mass is 9.95. The van der Waals surface area contributed by atoms with Crippen molar-refractivity contribution < 1.29 is 13.9 Å². The van der Waals surface area contributed by atoms with E-state index in [1.807, 2.05) is 6.08 Å². The van der Waals surface area contributed by atoms with E-state index >= 15 is 0 Å². The Morgan fingerprint density at radius 3 is 2.35 bits per heavy atom. The fourth-order valence-corrected chi connectivity index (χ4v) is 3.56. The number of rotatable bonds is 11. The first-order valence-electron chi connectivity index (χ1n) is 8.41. The Morgan fingerprint density at radius 2 is 1.91 bits per heavy atom. The molecule has 0 aromatic rings. The summed E-state index contributed by atoms with van der Waals surface area (Å²) in [5.74, 6) is 3.12. The van der Waals surface area contributed by atoms with Crippen LogP contribution in [0.25, 0.3) is 0 Å². The van der Waals surface area contributed by atoms with E-state index in [1.165, 1.54) is 0 Å². The number of allylic oxidation sites excluding steroid dienone is 1. The maximum atomic E-state index is 6.53. The van der Waals surface area contributed by atoms with Crippen molar-refractivity contribution >= 4 is 8.32 Å². The van der Waals surface area contributed by atoms with Gasteiger partial charge in [-0.2, -0.15) is 0 Å². The van der Waals surface area contributed by atoms with E-state index in [-0.39, 0.29) is 24.0 Å². The average molecular weight is 341 g/mol. The van der Waals surface area contributed by atoms with Crippen LogP contribution in [0.1, 0.15) is 47.0 Å². The molecule has 0 spiro atoms. The van der Waals surface area contributed by atoms with Gasteiger partial charge in [0.25, 0.3) is 0 Å². The summed E-state index contributed by atoms with van der Waals surface area (Å²) in [5, 5.41) is 0.162. The SMILES string of the molecule is C#CC[C@H](C[C@@H](OCOC)[C@@H](C)CC=C)O[Si](C)(C)C(C)(C)C. The highest BCUT2D eigenvalue weighted by Crippen LogP contribution is 2.38. The first-order valence-corrected chi connectivity index (χ1v) is 11.3. The van der Waals surface area contributed by atoms with Crippen LogP contribution in [0, 0.1) is 18.3 Å². The Kier molecular flexibility index (Phi) is 10.0. The molecule has 3 atom stereocenters. The highest BCUT2D eigenvalue weighted by atomic mass is 28.4. The lowest BCUT2D eigenvalue weighted by Gasteiger charge is -2.40. The van der Waals surface area contributed by atoms with Gasteiger partial charge in [-0.25, -0.2) is 0 Å². The molecule has 0 radical (unpaired) electrons. The van der Waals surface area contributed by atoms with Crippen molar-refractivity contribution in [3.8, 4) is 12.3 Å². The number of methoxy groups -OCH3 is 1. The molecule has 3 nitrogen and oxygen atoms in total. The summed E-state index contributed by atoms with van der Waals surface area (Å²) >= 11 is 0. The van der Waals surface area contributed by atoms with Crippen LogP contribution in [0.2, 0.25) is 18.1 Å². The number of ether oxygens (including phenoxy) is 2. The van der Waals surface area contributed by atoms with Crippen LogP contribution in [0.15, 0.2) is 12.7 Å². The van der Waals surface area contributed by atoms with Gasteiger partial charge in [0.15, 0.2) is 8.32 Å². The van der Waals surface area contributed by atoms with Crippen molar-refractivity contribution in [1.29, 1.82) is 0 Å². The topological polar surface area (TPSA) is 27.7 Å². The molecule has 0 aliphatic carbocycles. The summed E-state index contributed by atoms with van der Waals surface area (Å²) < 4.78 is 17.5. The molecule has 0 aliphatic rings. The van der Waals surface area contributed by atoms with Gasteiger partial charge >= 0.3 is 0 Å². The predicted octanol–water partition coefficient (Wildman–Crippen LogP) is 4.99. The van der Waals surface area contributed by atoms with Crippen LogP contribution in [-0.4, -0.2) is 34.4 Å². The number of hydrogen-bond donors (Lipinski definition) is 0. The van der Waals surface area contributed by atoms with Gasteiger partial charge in [0.2, 0.25) is 0 Å². The van der Waals surface area contributed by atoms with Crippen molar-refractivity contribution in [2.45, 2.75) is 77.3 Å². The molecule has 0 rings (SSSR count). The lowest BCUT2D eigenvalue weighted by molar-refractivity contribution is -0.0999. The molecule has 134 valence electrons. The van der Waals surface area contributed by atoms with Gasteiger partial charge < -0.3 is 13.9 Å². The lowest BCUT2D eigenvalue weighted by Crippen LogP contribution is -2.45. The van der Waals surface area contributed by atoms with E-state index in [9.17, 15) is 0 Å². The molecule has 0 unspecified atom stereocenters. The molecule has 0 bridgehead atoms. The Hall–Kier alpha value is -0.603. The quantitative estimate of drug-likeness (QED) is 0.229. The van der Waals surface area contributed by atoms with Crippen LogP contribution in [-0.2, 0) is 13.9 Å². The predicted molar refractivity (Wildman–Crippen MR) is 101 cm³/mol. The van der Waals surface area contributed by atoms with Crippen LogP contribution >= 0.6 is 0 Å². The zero-order chi connectivity index (χ0) is 18.1.